The molecule has 0 unspecified atom stereocenters. The van der Waals surface area contributed by atoms with Gasteiger partial charge in [-0.05, 0) is 6.42 Å². The fraction of sp³-hybridized carbons (Fsp3) is 0.667. The fourth-order valence-corrected chi connectivity index (χ4v) is 1.64. The maximum Gasteiger partial charge on any atom is 0.323 e. The number of nitrogens with one attached hydrogen (secondary N) is 3. The van der Waals surface area contributed by atoms with Crippen LogP contribution in [0.4, 0.5) is 0 Å². The minimum Gasteiger partial charge on any atom is -0.350 e. The molecule has 96 valence electrons. The quantitative estimate of drug-likeness (QED) is 0.603. The molecule has 0 saturated carbocycles. The molecule has 1 aromatic heterocycles. The Morgan fingerprint density at radius 3 is 2.71 bits per heavy atom. The Hall–Kier alpha value is -1.52. The number of hydrogen-bond donors (Lipinski definition) is 3. The second-order valence-corrected chi connectivity index (χ2v) is 4.21. The fourth-order valence-electron chi connectivity index (χ4n) is 1.64. The number of carbonyl (C=O) groups excluding carboxylic acids is 1. The number of imidazole rings is 1. The zero-order valence-electron chi connectivity index (χ0n) is 10.3. The van der Waals surface area contributed by atoms with Crippen LogP contribution in [-0.4, -0.2) is 15.9 Å². The molecule has 5 nitrogen and oxygen atoms in total. The van der Waals surface area contributed by atoms with E-state index in [-0.39, 0.29) is 11.6 Å². The van der Waals surface area contributed by atoms with E-state index in [0.717, 1.165) is 12.8 Å². The molecule has 0 aromatic carbocycles. The first-order chi connectivity index (χ1) is 8.22. The summed E-state index contributed by atoms with van der Waals surface area (Å²) in [7, 11) is 0. The summed E-state index contributed by atoms with van der Waals surface area (Å²) in [6.07, 6.45) is 7.86. The number of unbranched alkanes of at least 4 members (excludes halogenated alkanes) is 4. The van der Waals surface area contributed by atoms with E-state index in [1.807, 2.05) is 0 Å². The van der Waals surface area contributed by atoms with E-state index < -0.39 is 0 Å². The lowest BCUT2D eigenvalue weighted by atomic mass is 10.1. The highest BCUT2D eigenvalue weighted by Gasteiger charge is 2.02. The highest BCUT2D eigenvalue weighted by molar-refractivity contribution is 5.75. The van der Waals surface area contributed by atoms with E-state index >= 15 is 0 Å². The first-order valence-corrected chi connectivity index (χ1v) is 6.25. The molecule has 0 spiro atoms. The van der Waals surface area contributed by atoms with Crippen molar-refractivity contribution in [1.82, 2.24) is 15.3 Å². The van der Waals surface area contributed by atoms with Crippen molar-refractivity contribution in [3.8, 4) is 0 Å². The smallest absolute Gasteiger partial charge is 0.323 e. The molecule has 1 aromatic rings. The third-order valence-corrected chi connectivity index (χ3v) is 2.63. The number of carbonyl (C=O) groups is 1. The van der Waals surface area contributed by atoms with E-state index in [1.165, 1.54) is 19.3 Å². The van der Waals surface area contributed by atoms with Crippen LogP contribution in [0.3, 0.4) is 0 Å². The molecule has 5 heteroatoms. The van der Waals surface area contributed by atoms with Crippen LogP contribution in [0.25, 0.3) is 0 Å². The van der Waals surface area contributed by atoms with Gasteiger partial charge in [0.25, 0.3) is 0 Å². The van der Waals surface area contributed by atoms with Crippen LogP contribution >= 0.6 is 0 Å². The van der Waals surface area contributed by atoms with Gasteiger partial charge in [0.05, 0.1) is 12.2 Å². The van der Waals surface area contributed by atoms with Crippen molar-refractivity contribution in [1.29, 1.82) is 0 Å². The van der Waals surface area contributed by atoms with E-state index in [0.29, 0.717) is 18.7 Å². The van der Waals surface area contributed by atoms with Gasteiger partial charge in [0.1, 0.15) is 0 Å². The Labute approximate surface area is 101 Å². The Kier molecular flexibility index (Phi) is 6.14. The Balaban J connectivity index is 2.07. The molecule has 1 rings (SSSR count). The van der Waals surface area contributed by atoms with Crippen LogP contribution in [-0.2, 0) is 11.3 Å². The number of hydrogen-bond acceptors (Lipinski definition) is 2. The van der Waals surface area contributed by atoms with E-state index in [4.69, 9.17) is 0 Å². The molecule has 0 atom stereocenters. The van der Waals surface area contributed by atoms with Crippen LogP contribution in [0.1, 0.15) is 51.1 Å². The molecule has 0 aliphatic heterocycles. The standard InChI is InChI=1S/C12H21N3O2/c1-2-3-4-5-6-7-11(16)13-8-10-9-14-12(17)15-10/h9H,2-8H2,1H3,(H,13,16)(H2,14,15,17). The van der Waals surface area contributed by atoms with Gasteiger partial charge in [-0.25, -0.2) is 4.79 Å². The predicted octanol–water partition coefficient (Wildman–Crippen LogP) is 1.68. The molecule has 17 heavy (non-hydrogen) atoms. The zero-order chi connectivity index (χ0) is 12.5. The van der Waals surface area contributed by atoms with Gasteiger partial charge in [-0.1, -0.05) is 32.6 Å². The molecular weight excluding hydrogens is 218 g/mol. The molecule has 0 radical (unpaired) electrons. The summed E-state index contributed by atoms with van der Waals surface area (Å²) in [4.78, 5) is 27.3. The number of rotatable bonds is 8. The van der Waals surface area contributed by atoms with Crippen LogP contribution in [0.2, 0.25) is 0 Å². The Morgan fingerprint density at radius 1 is 1.29 bits per heavy atom. The number of amides is 1. The SMILES string of the molecule is CCCCCCCC(=O)NCc1c[nH]c(=O)[nH]1. The summed E-state index contributed by atoms with van der Waals surface area (Å²) in [6.45, 7) is 2.55. The number of H-pyrrole nitrogens is 2. The van der Waals surface area contributed by atoms with Crippen molar-refractivity contribution >= 4 is 5.91 Å². The van der Waals surface area contributed by atoms with Gasteiger partial charge in [0.2, 0.25) is 5.91 Å². The van der Waals surface area contributed by atoms with Crippen LogP contribution < -0.4 is 11.0 Å². The molecule has 1 heterocycles. The van der Waals surface area contributed by atoms with Crippen LogP contribution in [0.15, 0.2) is 11.0 Å². The van der Waals surface area contributed by atoms with E-state index in [1.54, 1.807) is 6.20 Å². The van der Waals surface area contributed by atoms with Crippen molar-refractivity contribution in [2.24, 2.45) is 0 Å². The summed E-state index contributed by atoms with van der Waals surface area (Å²) in [6, 6.07) is 0. The van der Waals surface area contributed by atoms with E-state index in [2.05, 4.69) is 22.2 Å². The van der Waals surface area contributed by atoms with Crippen molar-refractivity contribution in [2.45, 2.75) is 52.0 Å². The van der Waals surface area contributed by atoms with Crippen molar-refractivity contribution in [3.05, 3.63) is 22.4 Å². The summed E-state index contributed by atoms with van der Waals surface area (Å²) >= 11 is 0. The molecule has 3 N–H and O–H groups in total. The number of aromatic amines is 2. The second-order valence-electron chi connectivity index (χ2n) is 4.21. The van der Waals surface area contributed by atoms with Crippen LogP contribution in [0, 0.1) is 0 Å². The molecular formula is C12H21N3O2. The average molecular weight is 239 g/mol. The third kappa shape index (κ3) is 5.94. The zero-order valence-corrected chi connectivity index (χ0v) is 10.3. The Bertz CT molecular complexity index is 381. The lowest BCUT2D eigenvalue weighted by Gasteiger charge is -2.03. The lowest BCUT2D eigenvalue weighted by Crippen LogP contribution is -2.22. The molecule has 1 amide bonds. The van der Waals surface area contributed by atoms with E-state index in [9.17, 15) is 9.59 Å². The maximum atomic E-state index is 11.4. The molecule has 0 saturated heterocycles. The van der Waals surface area contributed by atoms with Gasteiger partial charge in [-0.15, -0.1) is 0 Å². The summed E-state index contributed by atoms with van der Waals surface area (Å²) < 4.78 is 0. The lowest BCUT2D eigenvalue weighted by molar-refractivity contribution is -0.121. The predicted molar refractivity (Wildman–Crippen MR) is 66.6 cm³/mol. The van der Waals surface area contributed by atoms with Gasteiger partial charge in [0.15, 0.2) is 0 Å². The molecule has 0 bridgehead atoms. The average Bonchev–Trinajstić information content (AvgIpc) is 2.72. The van der Waals surface area contributed by atoms with Crippen molar-refractivity contribution in [2.75, 3.05) is 0 Å². The minimum absolute atomic E-state index is 0.0450. The normalized spacial score (nSPS) is 10.4. The van der Waals surface area contributed by atoms with Gasteiger partial charge < -0.3 is 15.3 Å². The number of aromatic nitrogens is 2. The largest absolute Gasteiger partial charge is 0.350 e. The first kappa shape index (κ1) is 13.5. The summed E-state index contributed by atoms with van der Waals surface area (Å²) in [5.74, 6) is 0.0450. The summed E-state index contributed by atoms with van der Waals surface area (Å²) in [5.41, 5.74) is 0.461. The van der Waals surface area contributed by atoms with Gasteiger partial charge in [-0.2, -0.15) is 0 Å². The van der Waals surface area contributed by atoms with Crippen molar-refractivity contribution in [3.63, 3.8) is 0 Å². The highest BCUT2D eigenvalue weighted by atomic mass is 16.2. The monoisotopic (exact) mass is 239 g/mol. The first-order valence-electron chi connectivity index (χ1n) is 6.25. The highest BCUT2D eigenvalue weighted by Crippen LogP contribution is 2.04. The molecule has 0 aliphatic rings. The van der Waals surface area contributed by atoms with Gasteiger partial charge >= 0.3 is 5.69 Å². The minimum atomic E-state index is -0.242. The Morgan fingerprint density at radius 2 is 2.06 bits per heavy atom. The topological polar surface area (TPSA) is 77.8 Å². The summed E-state index contributed by atoms with van der Waals surface area (Å²) in [5, 5.41) is 2.77. The van der Waals surface area contributed by atoms with Gasteiger partial charge in [-0.3, -0.25) is 4.79 Å². The van der Waals surface area contributed by atoms with Gasteiger partial charge in [0, 0.05) is 12.6 Å². The maximum absolute atomic E-state index is 11.4. The molecule has 0 fully saturated rings. The molecule has 0 aliphatic carbocycles. The third-order valence-electron chi connectivity index (χ3n) is 2.63. The van der Waals surface area contributed by atoms with Crippen LogP contribution in [0.5, 0.6) is 0 Å². The van der Waals surface area contributed by atoms with Crippen molar-refractivity contribution < 1.29 is 4.79 Å². The second kappa shape index (κ2) is 7.70.